The fourth-order valence-electron chi connectivity index (χ4n) is 1.91. The third-order valence-electron chi connectivity index (χ3n) is 2.85. The quantitative estimate of drug-likeness (QED) is 0.458. The molecule has 104 valence electrons. The van der Waals surface area contributed by atoms with Crippen molar-refractivity contribution in [3.8, 4) is 0 Å². The first-order valence-electron chi connectivity index (χ1n) is 6.30. The van der Waals surface area contributed by atoms with E-state index in [9.17, 15) is 10.1 Å². The molecule has 0 spiro atoms. The summed E-state index contributed by atoms with van der Waals surface area (Å²) in [7, 11) is 0. The van der Waals surface area contributed by atoms with E-state index in [0.717, 1.165) is 19.4 Å². The van der Waals surface area contributed by atoms with Gasteiger partial charge in [0.2, 0.25) is 5.82 Å². The minimum Gasteiger partial charge on any atom is -0.377 e. The zero-order chi connectivity index (χ0) is 13.5. The topological polar surface area (TPSA) is 86.5 Å². The zero-order valence-corrected chi connectivity index (χ0v) is 10.6. The molecular formula is C12H17N3O4. The second kappa shape index (κ2) is 7.01. The largest absolute Gasteiger partial charge is 0.377 e. The van der Waals surface area contributed by atoms with Crippen LogP contribution in [0.3, 0.4) is 0 Å². The van der Waals surface area contributed by atoms with Crippen LogP contribution < -0.4 is 5.32 Å². The van der Waals surface area contributed by atoms with Crippen molar-refractivity contribution in [3.05, 3.63) is 28.4 Å². The lowest BCUT2D eigenvalue weighted by molar-refractivity contribution is -0.384. The van der Waals surface area contributed by atoms with Gasteiger partial charge in [-0.15, -0.1) is 0 Å². The molecule has 0 radical (unpaired) electrons. The molecule has 0 amide bonds. The summed E-state index contributed by atoms with van der Waals surface area (Å²) >= 11 is 0. The Morgan fingerprint density at radius 2 is 2.53 bits per heavy atom. The van der Waals surface area contributed by atoms with Gasteiger partial charge in [0, 0.05) is 25.4 Å². The van der Waals surface area contributed by atoms with Crippen molar-refractivity contribution in [2.24, 2.45) is 0 Å². The van der Waals surface area contributed by atoms with Crippen molar-refractivity contribution >= 4 is 11.5 Å². The average molecular weight is 267 g/mol. The van der Waals surface area contributed by atoms with E-state index < -0.39 is 4.92 Å². The van der Waals surface area contributed by atoms with Gasteiger partial charge < -0.3 is 14.8 Å². The Hall–Kier alpha value is -1.73. The van der Waals surface area contributed by atoms with Gasteiger partial charge in [0.1, 0.15) is 0 Å². The Kier molecular flexibility index (Phi) is 5.05. The van der Waals surface area contributed by atoms with E-state index in [1.807, 2.05) is 0 Å². The van der Waals surface area contributed by atoms with Crippen molar-refractivity contribution in [1.29, 1.82) is 0 Å². The molecule has 0 aliphatic carbocycles. The molecule has 1 aliphatic rings. The molecule has 7 nitrogen and oxygen atoms in total. The molecule has 0 saturated carbocycles. The molecule has 0 bridgehead atoms. The van der Waals surface area contributed by atoms with Crippen molar-refractivity contribution in [2.75, 3.05) is 31.7 Å². The Balaban J connectivity index is 1.69. The van der Waals surface area contributed by atoms with E-state index in [1.165, 1.54) is 18.3 Å². The standard InChI is InChI=1S/C12H17N3O4/c16-15(17)11-4-1-5-13-12(11)14-6-8-18-9-10-3-2-7-19-10/h1,4-5,10H,2-3,6-9H2,(H,13,14)/t10-/m1/s1. The van der Waals surface area contributed by atoms with Gasteiger partial charge in [0.25, 0.3) is 0 Å². The van der Waals surface area contributed by atoms with Gasteiger partial charge in [-0.05, 0) is 18.9 Å². The van der Waals surface area contributed by atoms with Gasteiger partial charge in [0.15, 0.2) is 0 Å². The third kappa shape index (κ3) is 4.15. The maximum atomic E-state index is 10.8. The lowest BCUT2D eigenvalue weighted by atomic mass is 10.2. The van der Waals surface area contributed by atoms with Crippen molar-refractivity contribution in [3.63, 3.8) is 0 Å². The van der Waals surface area contributed by atoms with Crippen LogP contribution in [0.1, 0.15) is 12.8 Å². The van der Waals surface area contributed by atoms with Crippen LogP contribution in [-0.2, 0) is 9.47 Å². The smallest absolute Gasteiger partial charge is 0.311 e. The molecule has 19 heavy (non-hydrogen) atoms. The van der Waals surface area contributed by atoms with Crippen molar-refractivity contribution in [1.82, 2.24) is 4.98 Å². The number of nitrogens with zero attached hydrogens (tertiary/aromatic N) is 2. The van der Waals surface area contributed by atoms with E-state index in [4.69, 9.17) is 9.47 Å². The summed E-state index contributed by atoms with van der Waals surface area (Å²) in [4.78, 5) is 14.2. The van der Waals surface area contributed by atoms with Crippen LogP contribution in [0.4, 0.5) is 11.5 Å². The Morgan fingerprint density at radius 1 is 1.63 bits per heavy atom. The molecule has 0 aromatic carbocycles. The molecule has 0 unspecified atom stereocenters. The zero-order valence-electron chi connectivity index (χ0n) is 10.6. The molecule has 1 N–H and O–H groups in total. The third-order valence-corrected chi connectivity index (χ3v) is 2.85. The van der Waals surface area contributed by atoms with Gasteiger partial charge in [-0.1, -0.05) is 0 Å². The monoisotopic (exact) mass is 267 g/mol. The van der Waals surface area contributed by atoms with Crippen molar-refractivity contribution < 1.29 is 14.4 Å². The molecule has 1 fully saturated rings. The Labute approximate surface area is 111 Å². The van der Waals surface area contributed by atoms with Crippen LogP contribution in [0, 0.1) is 10.1 Å². The van der Waals surface area contributed by atoms with Gasteiger partial charge >= 0.3 is 5.69 Å². The molecule has 7 heteroatoms. The molecular weight excluding hydrogens is 250 g/mol. The summed E-state index contributed by atoms with van der Waals surface area (Å²) in [6.07, 6.45) is 3.85. The molecule has 1 saturated heterocycles. The fraction of sp³-hybridized carbons (Fsp3) is 0.583. The van der Waals surface area contributed by atoms with E-state index in [2.05, 4.69) is 10.3 Å². The lowest BCUT2D eigenvalue weighted by Gasteiger charge is -2.10. The van der Waals surface area contributed by atoms with Crippen LogP contribution in [-0.4, -0.2) is 42.4 Å². The minimum absolute atomic E-state index is 0.0263. The second-order valence-corrected chi connectivity index (χ2v) is 4.26. The molecule has 2 heterocycles. The van der Waals surface area contributed by atoms with Gasteiger partial charge in [-0.25, -0.2) is 4.98 Å². The van der Waals surface area contributed by atoms with Crippen LogP contribution in [0.5, 0.6) is 0 Å². The number of ether oxygens (including phenoxy) is 2. The van der Waals surface area contributed by atoms with Gasteiger partial charge in [0.05, 0.1) is 24.2 Å². The molecule has 1 aromatic rings. The number of hydrogen-bond donors (Lipinski definition) is 1. The number of pyridine rings is 1. The van der Waals surface area contributed by atoms with E-state index in [1.54, 1.807) is 0 Å². The molecule has 1 aromatic heterocycles. The molecule has 1 aliphatic heterocycles. The first kappa shape index (κ1) is 13.7. The van der Waals surface area contributed by atoms with Crippen LogP contribution in [0.15, 0.2) is 18.3 Å². The van der Waals surface area contributed by atoms with E-state index in [-0.39, 0.29) is 17.6 Å². The number of aromatic nitrogens is 1. The first-order chi connectivity index (χ1) is 9.27. The fourth-order valence-corrected chi connectivity index (χ4v) is 1.91. The summed E-state index contributed by atoms with van der Waals surface area (Å²) in [5.41, 5.74) is -0.0263. The number of hydrogen-bond acceptors (Lipinski definition) is 6. The predicted molar refractivity (Wildman–Crippen MR) is 69.2 cm³/mol. The SMILES string of the molecule is O=[N+]([O-])c1cccnc1NCCOC[C@H]1CCCO1. The average Bonchev–Trinajstić information content (AvgIpc) is 2.92. The highest BCUT2D eigenvalue weighted by molar-refractivity contribution is 5.54. The number of nitrogens with one attached hydrogen (secondary N) is 1. The van der Waals surface area contributed by atoms with E-state index in [0.29, 0.717) is 19.8 Å². The molecule has 1 atom stereocenters. The predicted octanol–water partition coefficient (Wildman–Crippen LogP) is 1.60. The van der Waals surface area contributed by atoms with Crippen LogP contribution in [0.25, 0.3) is 0 Å². The summed E-state index contributed by atoms with van der Waals surface area (Å²) in [6.45, 7) is 2.33. The highest BCUT2D eigenvalue weighted by Crippen LogP contribution is 2.19. The maximum absolute atomic E-state index is 10.8. The lowest BCUT2D eigenvalue weighted by Crippen LogP contribution is -2.18. The summed E-state index contributed by atoms with van der Waals surface area (Å²) in [6, 6.07) is 2.96. The minimum atomic E-state index is -0.456. The number of rotatable bonds is 7. The molecule has 2 rings (SSSR count). The van der Waals surface area contributed by atoms with Crippen LogP contribution >= 0.6 is 0 Å². The maximum Gasteiger partial charge on any atom is 0.311 e. The van der Waals surface area contributed by atoms with E-state index >= 15 is 0 Å². The summed E-state index contributed by atoms with van der Waals surface area (Å²) in [5, 5.41) is 13.7. The number of nitro groups is 1. The van der Waals surface area contributed by atoms with Gasteiger partial charge in [-0.2, -0.15) is 0 Å². The highest BCUT2D eigenvalue weighted by atomic mass is 16.6. The second-order valence-electron chi connectivity index (χ2n) is 4.26. The number of anilines is 1. The normalized spacial score (nSPS) is 18.4. The highest BCUT2D eigenvalue weighted by Gasteiger charge is 2.15. The summed E-state index contributed by atoms with van der Waals surface area (Å²) in [5.74, 6) is 0.271. The Bertz CT molecular complexity index is 421. The summed E-state index contributed by atoms with van der Waals surface area (Å²) < 4.78 is 10.9. The Morgan fingerprint density at radius 3 is 3.26 bits per heavy atom. The van der Waals surface area contributed by atoms with Crippen LogP contribution in [0.2, 0.25) is 0 Å². The van der Waals surface area contributed by atoms with Crippen molar-refractivity contribution in [2.45, 2.75) is 18.9 Å². The first-order valence-corrected chi connectivity index (χ1v) is 6.30. The van der Waals surface area contributed by atoms with Gasteiger partial charge in [-0.3, -0.25) is 10.1 Å².